The van der Waals surface area contributed by atoms with Crippen molar-refractivity contribution in [2.45, 2.75) is 18.9 Å². The van der Waals surface area contributed by atoms with Gasteiger partial charge in [0, 0.05) is 25.0 Å². The Balaban J connectivity index is 1.34. The molecule has 3 aromatic rings. The number of ether oxygens (including phenoxy) is 1. The van der Waals surface area contributed by atoms with Crippen LogP contribution in [0.25, 0.3) is 11.4 Å². The van der Waals surface area contributed by atoms with Crippen LogP contribution in [0.15, 0.2) is 52.8 Å². The van der Waals surface area contributed by atoms with Crippen LogP contribution < -0.4 is 15.5 Å². The van der Waals surface area contributed by atoms with Crippen LogP contribution in [0.1, 0.15) is 18.9 Å². The predicted octanol–water partition coefficient (Wildman–Crippen LogP) is 3.86. The van der Waals surface area contributed by atoms with Gasteiger partial charge in [0.15, 0.2) is 11.1 Å². The molecule has 2 aliphatic rings. The summed E-state index contributed by atoms with van der Waals surface area (Å²) in [5.41, 5.74) is 2.06. The third-order valence-corrected chi connectivity index (χ3v) is 6.43. The zero-order valence-corrected chi connectivity index (χ0v) is 18.7. The summed E-state index contributed by atoms with van der Waals surface area (Å²) in [6.07, 6.45) is 1.05. The van der Waals surface area contributed by atoms with E-state index < -0.39 is 5.60 Å². The van der Waals surface area contributed by atoms with E-state index in [1.165, 1.54) is 23.5 Å². The van der Waals surface area contributed by atoms with Gasteiger partial charge in [0.05, 0.1) is 18.8 Å². The lowest BCUT2D eigenvalue weighted by molar-refractivity contribution is -0.0468. The number of guanidine groups is 1. The number of thiazole rings is 1. The van der Waals surface area contributed by atoms with E-state index in [9.17, 15) is 4.39 Å². The molecule has 0 radical (unpaired) electrons. The number of nitrogens with one attached hydrogen (secondary N) is 2. The van der Waals surface area contributed by atoms with E-state index in [0.29, 0.717) is 13.2 Å². The molecule has 0 aliphatic carbocycles. The molecule has 166 valence electrons. The first kappa shape index (κ1) is 20.8. The summed E-state index contributed by atoms with van der Waals surface area (Å²) in [5.74, 6) is 1.40. The van der Waals surface area contributed by atoms with Crippen LogP contribution in [0.5, 0.6) is 0 Å². The van der Waals surface area contributed by atoms with Gasteiger partial charge in [-0.15, -0.1) is 11.3 Å². The van der Waals surface area contributed by atoms with Gasteiger partial charge >= 0.3 is 0 Å². The lowest BCUT2D eigenvalue weighted by atomic mass is 9.93. The van der Waals surface area contributed by atoms with Gasteiger partial charge in [-0.05, 0) is 43.2 Å². The number of benzene rings is 1. The second-order valence-corrected chi connectivity index (χ2v) is 8.92. The van der Waals surface area contributed by atoms with E-state index in [-0.39, 0.29) is 5.82 Å². The second-order valence-electron chi connectivity index (χ2n) is 8.06. The number of hydrogen-bond donors (Lipinski definition) is 2. The fourth-order valence-corrected chi connectivity index (χ4v) is 4.65. The summed E-state index contributed by atoms with van der Waals surface area (Å²) in [4.78, 5) is 16.2. The molecule has 0 saturated carbocycles. The van der Waals surface area contributed by atoms with Crippen molar-refractivity contribution in [3.8, 4) is 11.4 Å². The van der Waals surface area contributed by atoms with Gasteiger partial charge in [-0.25, -0.2) is 14.4 Å². The maximum Gasteiger partial charge on any atom is 0.197 e. The summed E-state index contributed by atoms with van der Waals surface area (Å²) in [7, 11) is 0. The molecule has 32 heavy (non-hydrogen) atoms. The first-order valence-corrected chi connectivity index (χ1v) is 11.6. The number of pyridine rings is 1. The lowest BCUT2D eigenvalue weighted by Crippen LogP contribution is -2.48. The molecule has 2 N–H and O–H groups in total. The number of aliphatic imine (C=N–C) groups is 1. The largest absolute Gasteiger partial charge is 0.367 e. The van der Waals surface area contributed by atoms with Gasteiger partial charge in [-0.1, -0.05) is 18.2 Å². The maximum atomic E-state index is 13.4. The van der Waals surface area contributed by atoms with E-state index in [1.807, 2.05) is 30.5 Å². The molecule has 7 nitrogen and oxygen atoms in total. The molecule has 0 spiro atoms. The molecule has 2 aliphatic heterocycles. The minimum absolute atomic E-state index is 0.247. The molecule has 1 atom stereocenters. The van der Waals surface area contributed by atoms with Crippen molar-refractivity contribution in [3.05, 3.63) is 59.2 Å². The van der Waals surface area contributed by atoms with E-state index in [0.717, 1.165) is 59.9 Å². The summed E-state index contributed by atoms with van der Waals surface area (Å²) in [6.45, 7) is 5.72. The Morgan fingerprint density at radius 3 is 2.84 bits per heavy atom. The molecule has 5 rings (SSSR count). The maximum absolute atomic E-state index is 13.4. The van der Waals surface area contributed by atoms with E-state index in [4.69, 9.17) is 14.7 Å². The summed E-state index contributed by atoms with van der Waals surface area (Å²) >= 11 is 1.53. The highest BCUT2D eigenvalue weighted by molar-refractivity contribution is 7.14. The molecule has 0 bridgehead atoms. The van der Waals surface area contributed by atoms with Crippen LogP contribution in [-0.4, -0.2) is 48.7 Å². The topological polar surface area (TPSA) is 74.7 Å². The second kappa shape index (κ2) is 8.84. The minimum Gasteiger partial charge on any atom is -0.367 e. The standard InChI is InChI=1S/C23H25FN6OS/c1-23(16-6-8-17(24)9-7-16)15-30(12-13-31-23)20-5-2-4-18(27-20)19-14-32-22(28-19)29-21-25-10-3-11-26-21/h2,4-9,14H,3,10-13,15H2,1H3,(H2,25,26,28,29). The lowest BCUT2D eigenvalue weighted by Gasteiger charge is -2.41. The Morgan fingerprint density at radius 2 is 2.03 bits per heavy atom. The van der Waals surface area contributed by atoms with Crippen molar-refractivity contribution >= 4 is 28.2 Å². The van der Waals surface area contributed by atoms with Crippen LogP contribution in [0, 0.1) is 5.82 Å². The van der Waals surface area contributed by atoms with E-state index >= 15 is 0 Å². The molecule has 1 aromatic carbocycles. The summed E-state index contributed by atoms with van der Waals surface area (Å²) in [5, 5.41) is 9.28. The van der Waals surface area contributed by atoms with Gasteiger partial charge in [-0.3, -0.25) is 4.99 Å². The number of halogens is 1. The third kappa shape index (κ3) is 4.44. The van der Waals surface area contributed by atoms with Gasteiger partial charge in [0.2, 0.25) is 0 Å². The van der Waals surface area contributed by atoms with Gasteiger partial charge in [-0.2, -0.15) is 0 Å². The number of hydrogen-bond acceptors (Lipinski definition) is 8. The van der Waals surface area contributed by atoms with E-state index in [1.54, 1.807) is 12.1 Å². The molecule has 0 amide bonds. The molecule has 2 aromatic heterocycles. The molecule has 9 heteroatoms. The Kier molecular flexibility index (Phi) is 5.75. The number of aromatic nitrogens is 2. The molecule has 1 unspecified atom stereocenters. The monoisotopic (exact) mass is 452 g/mol. The van der Waals surface area contributed by atoms with Crippen molar-refractivity contribution in [2.75, 3.05) is 43.0 Å². The van der Waals surface area contributed by atoms with Crippen molar-refractivity contribution in [1.82, 2.24) is 15.3 Å². The van der Waals surface area contributed by atoms with Gasteiger partial charge < -0.3 is 20.3 Å². The van der Waals surface area contributed by atoms with Gasteiger partial charge in [0.1, 0.15) is 22.9 Å². The Labute approximate surface area is 190 Å². The zero-order chi connectivity index (χ0) is 22.0. The number of morpholine rings is 1. The number of anilines is 2. The van der Waals surface area contributed by atoms with Crippen molar-refractivity contribution in [1.29, 1.82) is 0 Å². The first-order valence-electron chi connectivity index (χ1n) is 10.7. The Hall–Kier alpha value is -3.04. The minimum atomic E-state index is -0.533. The third-order valence-electron chi connectivity index (χ3n) is 5.68. The highest BCUT2D eigenvalue weighted by Gasteiger charge is 2.34. The van der Waals surface area contributed by atoms with Crippen LogP contribution >= 0.6 is 11.3 Å². The quantitative estimate of drug-likeness (QED) is 0.626. The smallest absolute Gasteiger partial charge is 0.197 e. The highest BCUT2D eigenvalue weighted by atomic mass is 32.1. The molecule has 4 heterocycles. The molecular formula is C23H25FN6OS. The van der Waals surface area contributed by atoms with Crippen LogP contribution in [-0.2, 0) is 10.3 Å². The van der Waals surface area contributed by atoms with Crippen molar-refractivity contribution in [3.63, 3.8) is 0 Å². The van der Waals surface area contributed by atoms with Crippen LogP contribution in [0.3, 0.4) is 0 Å². The van der Waals surface area contributed by atoms with Gasteiger partial charge in [0.25, 0.3) is 0 Å². The SMILES string of the molecule is CC1(c2ccc(F)cc2)CN(c2cccc(-c3csc(NC4=NCCCN4)n3)n2)CCO1. The number of nitrogens with zero attached hydrogens (tertiary/aromatic N) is 4. The highest BCUT2D eigenvalue weighted by Crippen LogP contribution is 2.32. The van der Waals surface area contributed by atoms with E-state index in [2.05, 4.69) is 20.5 Å². The normalized spacial score (nSPS) is 21.1. The van der Waals surface area contributed by atoms with Crippen molar-refractivity contribution in [2.24, 2.45) is 4.99 Å². The Bertz CT molecular complexity index is 1120. The van der Waals surface area contributed by atoms with Crippen molar-refractivity contribution < 1.29 is 9.13 Å². The predicted molar refractivity (Wildman–Crippen MR) is 126 cm³/mol. The molecule has 1 saturated heterocycles. The summed E-state index contributed by atoms with van der Waals surface area (Å²) < 4.78 is 19.5. The summed E-state index contributed by atoms with van der Waals surface area (Å²) in [6, 6.07) is 12.5. The molecule has 1 fully saturated rings. The zero-order valence-electron chi connectivity index (χ0n) is 17.8. The average Bonchev–Trinajstić information content (AvgIpc) is 3.29. The van der Waals surface area contributed by atoms with Crippen LogP contribution in [0.2, 0.25) is 0 Å². The van der Waals surface area contributed by atoms with Crippen LogP contribution in [0.4, 0.5) is 15.3 Å². The average molecular weight is 453 g/mol. The first-order chi connectivity index (χ1) is 15.6. The Morgan fingerprint density at radius 1 is 1.16 bits per heavy atom. The fraction of sp³-hybridized carbons (Fsp3) is 0.348. The fourth-order valence-electron chi connectivity index (χ4n) is 3.95. The molecular weight excluding hydrogens is 427 g/mol. The number of rotatable bonds is 4.